The Balaban J connectivity index is 1.86. The molecule has 0 atom stereocenters. The van der Waals surface area contributed by atoms with E-state index in [1.54, 1.807) is 0 Å². The normalized spacial score (nSPS) is 12.5. The summed E-state index contributed by atoms with van der Waals surface area (Å²) in [6.45, 7) is 4.50. The second kappa shape index (κ2) is 8.61. The summed E-state index contributed by atoms with van der Waals surface area (Å²) in [5.74, 6) is 0. The van der Waals surface area contributed by atoms with Crippen LogP contribution in [0.4, 0.5) is 0 Å². The molecule has 0 unspecified atom stereocenters. The molecule has 4 aromatic carbocycles. The molecular formula is C28H30. The van der Waals surface area contributed by atoms with Crippen molar-refractivity contribution in [1.82, 2.24) is 0 Å². The molecule has 4 rings (SSSR count). The zero-order valence-corrected chi connectivity index (χ0v) is 17.2. The van der Waals surface area contributed by atoms with E-state index in [2.05, 4.69) is 86.7 Å². The van der Waals surface area contributed by atoms with Crippen molar-refractivity contribution >= 4 is 44.5 Å². The lowest BCUT2D eigenvalue weighted by molar-refractivity contribution is 0.816. The van der Waals surface area contributed by atoms with Gasteiger partial charge in [-0.25, -0.2) is 0 Å². The van der Waals surface area contributed by atoms with Gasteiger partial charge in [0.15, 0.2) is 0 Å². The predicted molar refractivity (Wildman–Crippen MR) is 127 cm³/mol. The first-order valence-corrected chi connectivity index (χ1v) is 10.9. The molecule has 0 heterocycles. The van der Waals surface area contributed by atoms with Gasteiger partial charge in [0, 0.05) is 0 Å². The molecular weight excluding hydrogens is 336 g/mol. The standard InChI is InChI=1S/C28H30/c1-3-5-7-9-11-21-13-15-23-18-20-26-22(12-10-8-6-4-2)14-16-24-17-19-25(21)27(23)28(24)26/h9-20H,3-8H2,1-2H3. The first-order valence-electron chi connectivity index (χ1n) is 10.9. The van der Waals surface area contributed by atoms with Crippen LogP contribution in [-0.2, 0) is 0 Å². The quantitative estimate of drug-likeness (QED) is 0.215. The Kier molecular flexibility index (Phi) is 5.76. The van der Waals surface area contributed by atoms with Gasteiger partial charge in [0.2, 0.25) is 0 Å². The summed E-state index contributed by atoms with van der Waals surface area (Å²) in [5.41, 5.74) is 2.67. The van der Waals surface area contributed by atoms with Crippen LogP contribution in [0, 0.1) is 0 Å². The molecule has 0 saturated carbocycles. The Morgan fingerprint density at radius 3 is 1.43 bits per heavy atom. The van der Waals surface area contributed by atoms with E-state index in [0.29, 0.717) is 0 Å². The minimum atomic E-state index is 1.16. The summed E-state index contributed by atoms with van der Waals surface area (Å²) in [5, 5.41) is 8.25. The zero-order chi connectivity index (χ0) is 19.3. The van der Waals surface area contributed by atoms with Gasteiger partial charge in [0.05, 0.1) is 0 Å². The fourth-order valence-corrected chi connectivity index (χ4v) is 4.20. The molecule has 28 heavy (non-hydrogen) atoms. The second-order valence-corrected chi connectivity index (χ2v) is 7.82. The Bertz CT molecular complexity index is 1040. The Labute approximate surface area is 168 Å². The van der Waals surface area contributed by atoms with Crippen molar-refractivity contribution in [1.29, 1.82) is 0 Å². The Morgan fingerprint density at radius 1 is 0.571 bits per heavy atom. The third-order valence-electron chi connectivity index (χ3n) is 5.78. The molecule has 142 valence electrons. The predicted octanol–water partition coefficient (Wildman–Crippen LogP) is 8.99. The van der Waals surface area contributed by atoms with Crippen molar-refractivity contribution in [3.63, 3.8) is 0 Å². The van der Waals surface area contributed by atoms with Gasteiger partial charge in [0.25, 0.3) is 0 Å². The summed E-state index contributed by atoms with van der Waals surface area (Å²) >= 11 is 0. The monoisotopic (exact) mass is 366 g/mol. The van der Waals surface area contributed by atoms with Gasteiger partial charge in [-0.2, -0.15) is 0 Å². The fraction of sp³-hybridized carbons (Fsp3) is 0.286. The summed E-state index contributed by atoms with van der Waals surface area (Å²) in [4.78, 5) is 0. The minimum Gasteiger partial charge on any atom is -0.0839 e. The number of unbranched alkanes of at least 4 members (excludes halogenated alkanes) is 4. The van der Waals surface area contributed by atoms with Crippen LogP contribution in [0.25, 0.3) is 44.5 Å². The van der Waals surface area contributed by atoms with E-state index in [-0.39, 0.29) is 0 Å². The molecule has 0 radical (unpaired) electrons. The van der Waals surface area contributed by atoms with E-state index in [4.69, 9.17) is 0 Å². The van der Waals surface area contributed by atoms with E-state index in [1.165, 1.54) is 69.1 Å². The maximum Gasteiger partial charge on any atom is -0.00206 e. The van der Waals surface area contributed by atoms with Gasteiger partial charge >= 0.3 is 0 Å². The maximum absolute atomic E-state index is 2.33. The number of benzene rings is 4. The lowest BCUT2D eigenvalue weighted by Gasteiger charge is -2.14. The molecule has 4 aromatic rings. The van der Waals surface area contributed by atoms with Crippen LogP contribution in [-0.4, -0.2) is 0 Å². The van der Waals surface area contributed by atoms with E-state index < -0.39 is 0 Å². The molecule has 0 saturated heterocycles. The van der Waals surface area contributed by atoms with Gasteiger partial charge in [-0.3, -0.25) is 0 Å². The highest BCUT2D eigenvalue weighted by atomic mass is 14.1. The largest absolute Gasteiger partial charge is 0.0839 e. The summed E-state index contributed by atoms with van der Waals surface area (Å²) in [6, 6.07) is 18.3. The van der Waals surface area contributed by atoms with Gasteiger partial charge in [0.1, 0.15) is 0 Å². The van der Waals surface area contributed by atoms with E-state index in [1.807, 2.05) is 0 Å². The highest BCUT2D eigenvalue weighted by Gasteiger charge is 2.11. The van der Waals surface area contributed by atoms with Crippen LogP contribution < -0.4 is 0 Å². The SMILES string of the molecule is CCCCC=Cc1ccc2ccc3c(C=CCCCC)ccc4ccc1c2c43. The average Bonchev–Trinajstić information content (AvgIpc) is 2.74. The van der Waals surface area contributed by atoms with E-state index in [0.717, 1.165) is 12.8 Å². The second-order valence-electron chi connectivity index (χ2n) is 7.82. The number of allylic oxidation sites excluding steroid dienone is 2. The smallest absolute Gasteiger partial charge is 0.00206 e. The first kappa shape index (κ1) is 18.7. The summed E-state index contributed by atoms with van der Waals surface area (Å²) in [7, 11) is 0. The van der Waals surface area contributed by atoms with Gasteiger partial charge in [-0.1, -0.05) is 112 Å². The molecule has 0 amide bonds. The van der Waals surface area contributed by atoms with Gasteiger partial charge < -0.3 is 0 Å². The molecule has 0 N–H and O–H groups in total. The van der Waals surface area contributed by atoms with Crippen molar-refractivity contribution < 1.29 is 0 Å². The Morgan fingerprint density at radius 2 is 1.00 bits per heavy atom. The molecule has 0 aliphatic rings. The molecule has 0 aliphatic carbocycles. The summed E-state index contributed by atoms with van der Waals surface area (Å²) in [6.07, 6.45) is 16.6. The van der Waals surface area contributed by atoms with Crippen molar-refractivity contribution in [2.45, 2.75) is 52.4 Å². The molecule has 0 nitrogen and oxygen atoms in total. The van der Waals surface area contributed by atoms with Crippen molar-refractivity contribution in [2.24, 2.45) is 0 Å². The van der Waals surface area contributed by atoms with E-state index in [9.17, 15) is 0 Å². The van der Waals surface area contributed by atoms with Crippen molar-refractivity contribution in [2.75, 3.05) is 0 Å². The molecule has 0 aliphatic heterocycles. The molecule has 0 heteroatoms. The van der Waals surface area contributed by atoms with Crippen molar-refractivity contribution in [3.05, 3.63) is 71.8 Å². The van der Waals surface area contributed by atoms with Crippen LogP contribution in [0.3, 0.4) is 0 Å². The first-order chi connectivity index (χ1) is 13.8. The lowest BCUT2D eigenvalue weighted by atomic mass is 9.90. The van der Waals surface area contributed by atoms with Gasteiger partial charge in [-0.05, 0) is 56.3 Å². The van der Waals surface area contributed by atoms with Crippen LogP contribution in [0.1, 0.15) is 63.5 Å². The molecule has 0 fully saturated rings. The highest BCUT2D eigenvalue weighted by molar-refractivity contribution is 6.25. The average molecular weight is 367 g/mol. The van der Waals surface area contributed by atoms with Crippen LogP contribution >= 0.6 is 0 Å². The highest BCUT2D eigenvalue weighted by Crippen LogP contribution is 2.38. The lowest BCUT2D eigenvalue weighted by Crippen LogP contribution is -1.88. The zero-order valence-electron chi connectivity index (χ0n) is 17.2. The van der Waals surface area contributed by atoms with Crippen LogP contribution in [0.5, 0.6) is 0 Å². The van der Waals surface area contributed by atoms with Crippen molar-refractivity contribution in [3.8, 4) is 0 Å². The number of rotatable bonds is 8. The minimum absolute atomic E-state index is 1.16. The molecule has 0 bridgehead atoms. The number of hydrogen-bond donors (Lipinski definition) is 0. The van der Waals surface area contributed by atoms with Gasteiger partial charge in [-0.15, -0.1) is 0 Å². The maximum atomic E-state index is 2.33. The Hall–Kier alpha value is -2.60. The topological polar surface area (TPSA) is 0 Å². The third kappa shape index (κ3) is 3.56. The van der Waals surface area contributed by atoms with Crippen LogP contribution in [0.15, 0.2) is 60.7 Å². The number of hydrogen-bond acceptors (Lipinski definition) is 0. The summed E-state index contributed by atoms with van der Waals surface area (Å²) < 4.78 is 0. The fourth-order valence-electron chi connectivity index (χ4n) is 4.20. The van der Waals surface area contributed by atoms with Crippen LogP contribution in [0.2, 0.25) is 0 Å². The third-order valence-corrected chi connectivity index (χ3v) is 5.78. The van der Waals surface area contributed by atoms with E-state index >= 15 is 0 Å². The molecule has 0 aromatic heterocycles. The molecule has 0 spiro atoms.